The lowest BCUT2D eigenvalue weighted by atomic mass is 10.2. The number of nitrogens with zero attached hydrogens (tertiary/aromatic N) is 4. The van der Waals surface area contributed by atoms with Crippen molar-refractivity contribution < 1.29 is 13.2 Å². The summed E-state index contributed by atoms with van der Waals surface area (Å²) in [4.78, 5) is 4.42. The fourth-order valence-corrected chi connectivity index (χ4v) is 3.41. The number of hydrogen-bond donors (Lipinski definition) is 0. The first kappa shape index (κ1) is 16.6. The van der Waals surface area contributed by atoms with E-state index in [1.165, 1.54) is 23.9 Å². The van der Waals surface area contributed by atoms with Gasteiger partial charge in [-0.1, -0.05) is 17.8 Å². The van der Waals surface area contributed by atoms with Crippen molar-refractivity contribution in [1.82, 2.24) is 19.7 Å². The van der Waals surface area contributed by atoms with E-state index in [1.807, 2.05) is 23.6 Å². The first-order chi connectivity index (χ1) is 12.7. The lowest BCUT2D eigenvalue weighted by Crippen LogP contribution is -1.99. The summed E-state index contributed by atoms with van der Waals surface area (Å²) in [6.07, 6.45) is 3.19. The molecule has 0 N–H and O–H groups in total. The predicted octanol–water partition coefficient (Wildman–Crippen LogP) is 4.64. The van der Waals surface area contributed by atoms with Crippen LogP contribution in [0.15, 0.2) is 62.9 Å². The van der Waals surface area contributed by atoms with Crippen LogP contribution < -0.4 is 0 Å². The maximum atomic E-state index is 13.3. The second-order valence-electron chi connectivity index (χ2n) is 5.47. The fraction of sp³-hybridized carbons (Fsp3) is 0.167. The summed E-state index contributed by atoms with van der Waals surface area (Å²) >= 11 is 1.51. The molecule has 3 heterocycles. The molecule has 0 spiro atoms. The van der Waals surface area contributed by atoms with Crippen LogP contribution in [0.5, 0.6) is 0 Å². The third kappa shape index (κ3) is 3.28. The van der Waals surface area contributed by atoms with Gasteiger partial charge < -0.3 is 8.83 Å². The van der Waals surface area contributed by atoms with Crippen molar-refractivity contribution in [1.29, 1.82) is 0 Å². The average molecular weight is 370 g/mol. The Morgan fingerprint density at radius 1 is 1.15 bits per heavy atom. The second-order valence-corrected chi connectivity index (χ2v) is 6.41. The van der Waals surface area contributed by atoms with Crippen LogP contribution in [0.2, 0.25) is 0 Å². The minimum Gasteiger partial charge on any atom is -0.461 e. The van der Waals surface area contributed by atoms with Crippen LogP contribution in [0.4, 0.5) is 4.39 Å². The van der Waals surface area contributed by atoms with E-state index in [9.17, 15) is 4.39 Å². The highest BCUT2D eigenvalue weighted by molar-refractivity contribution is 7.98. The molecule has 0 bridgehead atoms. The molecule has 0 saturated carbocycles. The summed E-state index contributed by atoms with van der Waals surface area (Å²) in [5.74, 6) is 2.02. The number of aromatic nitrogens is 4. The van der Waals surface area contributed by atoms with E-state index in [0.29, 0.717) is 28.8 Å². The minimum atomic E-state index is -0.321. The van der Waals surface area contributed by atoms with Crippen molar-refractivity contribution in [3.63, 3.8) is 0 Å². The lowest BCUT2D eigenvalue weighted by Gasteiger charge is -2.04. The molecule has 0 atom stereocenters. The highest BCUT2D eigenvalue weighted by Crippen LogP contribution is 2.27. The van der Waals surface area contributed by atoms with Gasteiger partial charge >= 0.3 is 0 Å². The van der Waals surface area contributed by atoms with E-state index in [0.717, 1.165) is 17.4 Å². The Balaban J connectivity index is 1.50. The topological polar surface area (TPSA) is 69.9 Å². The number of furan rings is 1. The van der Waals surface area contributed by atoms with Crippen molar-refractivity contribution in [3.8, 4) is 23.0 Å². The van der Waals surface area contributed by atoms with Crippen molar-refractivity contribution in [2.45, 2.75) is 24.4 Å². The first-order valence-corrected chi connectivity index (χ1v) is 9.03. The maximum absolute atomic E-state index is 13.3. The summed E-state index contributed by atoms with van der Waals surface area (Å²) in [5, 5.41) is 9.23. The Hall–Kier alpha value is -2.87. The SMILES string of the molecule is CCn1c(SCc2coc(-c3cccc(F)c3)n2)nnc1-c1ccco1. The molecule has 0 saturated heterocycles. The Bertz CT molecular complexity index is 1010. The molecule has 6 nitrogen and oxygen atoms in total. The standard InChI is InChI=1S/C18H15FN4O2S/c1-2-23-16(15-7-4-8-24-15)21-22-18(23)26-11-14-10-25-17(20-14)12-5-3-6-13(19)9-12/h3-10H,2,11H2,1H3. The van der Waals surface area contributed by atoms with Crippen molar-refractivity contribution in [2.24, 2.45) is 0 Å². The molecule has 1 aromatic carbocycles. The molecular weight excluding hydrogens is 355 g/mol. The molecule has 4 rings (SSSR count). The zero-order valence-electron chi connectivity index (χ0n) is 13.9. The Morgan fingerprint density at radius 2 is 2.08 bits per heavy atom. The van der Waals surface area contributed by atoms with E-state index in [2.05, 4.69) is 15.2 Å². The quantitative estimate of drug-likeness (QED) is 0.460. The maximum Gasteiger partial charge on any atom is 0.226 e. The molecular formula is C18H15FN4O2S. The Labute approximate surface area is 153 Å². The average Bonchev–Trinajstić information content (AvgIpc) is 3.39. The van der Waals surface area contributed by atoms with Gasteiger partial charge in [0.1, 0.15) is 12.1 Å². The number of thioether (sulfide) groups is 1. The van der Waals surface area contributed by atoms with Crippen LogP contribution in [-0.4, -0.2) is 19.7 Å². The van der Waals surface area contributed by atoms with Gasteiger partial charge in [0.15, 0.2) is 16.7 Å². The highest BCUT2D eigenvalue weighted by Gasteiger charge is 2.16. The van der Waals surface area contributed by atoms with Crippen molar-refractivity contribution in [3.05, 3.63) is 60.4 Å². The van der Waals surface area contributed by atoms with Crippen LogP contribution in [0.3, 0.4) is 0 Å². The Morgan fingerprint density at radius 3 is 2.85 bits per heavy atom. The molecule has 26 heavy (non-hydrogen) atoms. The molecule has 8 heteroatoms. The number of halogens is 1. The predicted molar refractivity (Wildman–Crippen MR) is 94.9 cm³/mol. The molecule has 3 aromatic heterocycles. The number of oxazole rings is 1. The second kappa shape index (κ2) is 7.17. The fourth-order valence-electron chi connectivity index (χ4n) is 2.53. The normalized spacial score (nSPS) is 11.2. The van der Waals surface area contributed by atoms with Crippen LogP contribution in [0.1, 0.15) is 12.6 Å². The van der Waals surface area contributed by atoms with Gasteiger partial charge in [-0.25, -0.2) is 9.37 Å². The summed E-state index contributed by atoms with van der Waals surface area (Å²) in [7, 11) is 0. The molecule has 0 fully saturated rings. The minimum absolute atomic E-state index is 0.321. The van der Waals surface area contributed by atoms with Crippen LogP contribution in [0.25, 0.3) is 23.0 Å². The molecule has 0 aliphatic rings. The number of rotatable bonds is 6. The van der Waals surface area contributed by atoms with Crippen LogP contribution >= 0.6 is 11.8 Å². The van der Waals surface area contributed by atoms with Gasteiger partial charge in [-0.15, -0.1) is 10.2 Å². The third-order valence-corrected chi connectivity index (χ3v) is 4.75. The van der Waals surface area contributed by atoms with Crippen LogP contribution in [-0.2, 0) is 12.3 Å². The van der Waals surface area contributed by atoms with Gasteiger partial charge in [0.25, 0.3) is 0 Å². The summed E-state index contributed by atoms with van der Waals surface area (Å²) in [6, 6.07) is 9.84. The summed E-state index contributed by atoms with van der Waals surface area (Å²) in [5.41, 5.74) is 1.36. The Kier molecular flexibility index (Phi) is 4.57. The highest BCUT2D eigenvalue weighted by atomic mass is 32.2. The summed E-state index contributed by atoms with van der Waals surface area (Å²) in [6.45, 7) is 2.75. The molecule has 0 radical (unpaired) electrons. The van der Waals surface area contributed by atoms with E-state index < -0.39 is 0 Å². The van der Waals surface area contributed by atoms with E-state index in [4.69, 9.17) is 8.83 Å². The number of hydrogen-bond acceptors (Lipinski definition) is 6. The monoisotopic (exact) mass is 370 g/mol. The van der Waals surface area contributed by atoms with Gasteiger partial charge in [-0.2, -0.15) is 0 Å². The smallest absolute Gasteiger partial charge is 0.226 e. The summed E-state index contributed by atoms with van der Waals surface area (Å²) < 4.78 is 26.2. The zero-order valence-corrected chi connectivity index (χ0v) is 14.7. The van der Waals surface area contributed by atoms with Gasteiger partial charge in [0.2, 0.25) is 5.89 Å². The van der Waals surface area contributed by atoms with Crippen molar-refractivity contribution in [2.75, 3.05) is 0 Å². The molecule has 0 aliphatic carbocycles. The van der Waals surface area contributed by atoms with E-state index >= 15 is 0 Å². The molecule has 0 aliphatic heterocycles. The number of benzene rings is 1. The molecule has 0 amide bonds. The molecule has 4 aromatic rings. The largest absolute Gasteiger partial charge is 0.461 e. The molecule has 0 unspecified atom stereocenters. The van der Waals surface area contributed by atoms with E-state index in [1.54, 1.807) is 24.7 Å². The lowest BCUT2D eigenvalue weighted by molar-refractivity contribution is 0.567. The zero-order chi connectivity index (χ0) is 17.9. The first-order valence-electron chi connectivity index (χ1n) is 8.05. The van der Waals surface area contributed by atoms with Crippen molar-refractivity contribution >= 4 is 11.8 Å². The van der Waals surface area contributed by atoms with Gasteiger partial charge in [-0.05, 0) is 37.3 Å². The van der Waals surface area contributed by atoms with E-state index in [-0.39, 0.29) is 5.82 Å². The molecule has 132 valence electrons. The van der Waals surface area contributed by atoms with Gasteiger partial charge in [0.05, 0.1) is 12.0 Å². The van der Waals surface area contributed by atoms with Gasteiger partial charge in [0, 0.05) is 17.9 Å². The third-order valence-electron chi connectivity index (χ3n) is 3.75. The van der Waals surface area contributed by atoms with Crippen LogP contribution in [0, 0.1) is 5.82 Å². The van der Waals surface area contributed by atoms with Gasteiger partial charge in [-0.3, -0.25) is 4.57 Å².